The SMILES string of the molecule is CCCOCC(O)CNc1ccc2c(c1)CC=CC=N2. The Morgan fingerprint density at radius 3 is 3.20 bits per heavy atom. The van der Waals surface area contributed by atoms with Crippen molar-refractivity contribution in [3.63, 3.8) is 0 Å². The molecule has 1 aromatic rings. The average Bonchev–Trinajstić information content (AvgIpc) is 2.70. The van der Waals surface area contributed by atoms with Crippen LogP contribution >= 0.6 is 0 Å². The summed E-state index contributed by atoms with van der Waals surface area (Å²) in [6.45, 7) is 3.61. The average molecular weight is 274 g/mol. The minimum atomic E-state index is -0.488. The number of benzene rings is 1. The molecule has 0 saturated heterocycles. The molecule has 0 aliphatic carbocycles. The fourth-order valence-corrected chi connectivity index (χ4v) is 2.02. The van der Waals surface area contributed by atoms with Crippen LogP contribution in [0.25, 0.3) is 0 Å². The lowest BCUT2D eigenvalue weighted by Gasteiger charge is -2.14. The molecule has 2 rings (SSSR count). The Balaban J connectivity index is 1.86. The molecule has 0 spiro atoms. The van der Waals surface area contributed by atoms with E-state index in [0.717, 1.165) is 24.2 Å². The van der Waals surface area contributed by atoms with Crippen LogP contribution in [0.5, 0.6) is 0 Å². The molecular formula is C16H22N2O2. The zero-order chi connectivity index (χ0) is 14.2. The molecule has 0 saturated carbocycles. The lowest BCUT2D eigenvalue weighted by molar-refractivity contribution is 0.0437. The van der Waals surface area contributed by atoms with Crippen molar-refractivity contribution < 1.29 is 9.84 Å². The van der Waals surface area contributed by atoms with Crippen LogP contribution in [0, 0.1) is 0 Å². The molecule has 0 radical (unpaired) electrons. The van der Waals surface area contributed by atoms with E-state index in [1.807, 2.05) is 24.4 Å². The molecule has 1 aromatic carbocycles. The lowest BCUT2D eigenvalue weighted by Crippen LogP contribution is -2.25. The van der Waals surface area contributed by atoms with Crippen molar-refractivity contribution in [3.8, 4) is 0 Å². The topological polar surface area (TPSA) is 53.9 Å². The number of aliphatic hydroxyl groups excluding tert-OH is 1. The number of anilines is 1. The molecular weight excluding hydrogens is 252 g/mol. The summed E-state index contributed by atoms with van der Waals surface area (Å²) >= 11 is 0. The van der Waals surface area contributed by atoms with Crippen molar-refractivity contribution in [1.29, 1.82) is 0 Å². The van der Waals surface area contributed by atoms with Gasteiger partial charge in [0.25, 0.3) is 0 Å². The summed E-state index contributed by atoms with van der Waals surface area (Å²) in [5.41, 5.74) is 3.20. The minimum absolute atomic E-state index is 0.374. The highest BCUT2D eigenvalue weighted by Gasteiger charge is 2.06. The van der Waals surface area contributed by atoms with E-state index in [9.17, 15) is 5.11 Å². The van der Waals surface area contributed by atoms with E-state index < -0.39 is 6.10 Å². The standard InChI is InChI=1S/C16H22N2O2/c1-2-9-20-12-15(19)11-18-14-6-7-16-13(10-14)5-3-4-8-17-16/h3-4,6-8,10,15,18-19H,2,5,9,11-12H2,1H3. The number of fused-ring (bicyclic) bond motifs is 1. The summed E-state index contributed by atoms with van der Waals surface area (Å²) in [6, 6.07) is 6.07. The van der Waals surface area contributed by atoms with E-state index in [1.54, 1.807) is 0 Å². The molecule has 1 aliphatic heterocycles. The van der Waals surface area contributed by atoms with Gasteiger partial charge in [0.05, 0.1) is 18.4 Å². The van der Waals surface area contributed by atoms with Crippen LogP contribution in [0.3, 0.4) is 0 Å². The minimum Gasteiger partial charge on any atom is -0.389 e. The monoisotopic (exact) mass is 274 g/mol. The number of aliphatic imine (C=N–C) groups is 1. The molecule has 2 N–H and O–H groups in total. The number of ether oxygens (including phenoxy) is 1. The summed E-state index contributed by atoms with van der Waals surface area (Å²) < 4.78 is 5.32. The van der Waals surface area contributed by atoms with Gasteiger partial charge in [0.15, 0.2) is 0 Å². The summed E-state index contributed by atoms with van der Waals surface area (Å²) in [5.74, 6) is 0. The number of nitrogens with zero attached hydrogens (tertiary/aromatic N) is 1. The van der Waals surface area contributed by atoms with Gasteiger partial charge in [-0.25, -0.2) is 0 Å². The Bertz CT molecular complexity index is 483. The fraction of sp³-hybridized carbons (Fsp3) is 0.438. The first kappa shape index (κ1) is 14.8. The van der Waals surface area contributed by atoms with E-state index in [2.05, 4.69) is 29.4 Å². The first-order valence-corrected chi connectivity index (χ1v) is 7.11. The van der Waals surface area contributed by atoms with E-state index >= 15 is 0 Å². The Hall–Kier alpha value is -1.65. The smallest absolute Gasteiger partial charge is 0.0945 e. The quantitative estimate of drug-likeness (QED) is 0.752. The normalized spacial score (nSPS) is 14.7. The predicted molar refractivity (Wildman–Crippen MR) is 83.0 cm³/mol. The molecule has 20 heavy (non-hydrogen) atoms. The highest BCUT2D eigenvalue weighted by Crippen LogP contribution is 2.25. The summed E-state index contributed by atoms with van der Waals surface area (Å²) in [6.07, 6.45) is 7.23. The zero-order valence-corrected chi connectivity index (χ0v) is 11.9. The third kappa shape index (κ3) is 4.47. The molecule has 4 nitrogen and oxygen atoms in total. The number of rotatable bonds is 7. The van der Waals surface area contributed by atoms with Crippen molar-refractivity contribution >= 4 is 17.6 Å². The largest absolute Gasteiger partial charge is 0.389 e. The summed E-state index contributed by atoms with van der Waals surface area (Å²) in [7, 11) is 0. The Kier molecular flexibility index (Phi) is 5.77. The van der Waals surface area contributed by atoms with Gasteiger partial charge in [-0.3, -0.25) is 4.99 Å². The molecule has 0 aromatic heterocycles. The number of aliphatic hydroxyl groups is 1. The second-order valence-corrected chi connectivity index (χ2v) is 4.86. The third-order valence-corrected chi connectivity index (χ3v) is 3.05. The van der Waals surface area contributed by atoms with Crippen molar-refractivity contribution in [3.05, 3.63) is 35.9 Å². The number of nitrogens with one attached hydrogen (secondary N) is 1. The number of hydrogen-bond acceptors (Lipinski definition) is 4. The number of allylic oxidation sites excluding steroid dienone is 2. The highest BCUT2D eigenvalue weighted by molar-refractivity contribution is 5.77. The van der Waals surface area contributed by atoms with Gasteiger partial charge in [-0.05, 0) is 42.7 Å². The Morgan fingerprint density at radius 2 is 2.35 bits per heavy atom. The maximum absolute atomic E-state index is 9.80. The van der Waals surface area contributed by atoms with Gasteiger partial charge in [-0.15, -0.1) is 0 Å². The van der Waals surface area contributed by atoms with E-state index in [1.165, 1.54) is 5.56 Å². The second-order valence-electron chi connectivity index (χ2n) is 4.86. The van der Waals surface area contributed by atoms with Crippen LogP contribution in [0.1, 0.15) is 18.9 Å². The molecule has 1 aliphatic rings. The molecule has 1 atom stereocenters. The van der Waals surface area contributed by atoms with Crippen molar-refractivity contribution in [2.24, 2.45) is 4.99 Å². The Labute approximate surface area is 120 Å². The van der Waals surface area contributed by atoms with Crippen LogP contribution in [-0.2, 0) is 11.2 Å². The Morgan fingerprint density at radius 1 is 1.45 bits per heavy atom. The van der Waals surface area contributed by atoms with Gasteiger partial charge in [0, 0.05) is 25.1 Å². The molecule has 4 heteroatoms. The molecule has 1 heterocycles. The highest BCUT2D eigenvalue weighted by atomic mass is 16.5. The van der Waals surface area contributed by atoms with Crippen molar-refractivity contribution in [2.75, 3.05) is 25.1 Å². The maximum Gasteiger partial charge on any atom is 0.0945 e. The van der Waals surface area contributed by atoms with Crippen LogP contribution in [0.4, 0.5) is 11.4 Å². The van der Waals surface area contributed by atoms with Gasteiger partial charge < -0.3 is 15.2 Å². The number of hydrogen-bond donors (Lipinski definition) is 2. The van der Waals surface area contributed by atoms with Gasteiger partial charge in [0.1, 0.15) is 0 Å². The lowest BCUT2D eigenvalue weighted by atomic mass is 10.1. The van der Waals surface area contributed by atoms with Crippen molar-refractivity contribution in [2.45, 2.75) is 25.9 Å². The molecule has 0 amide bonds. The molecule has 1 unspecified atom stereocenters. The second kappa shape index (κ2) is 7.82. The van der Waals surface area contributed by atoms with Gasteiger partial charge in [-0.2, -0.15) is 0 Å². The van der Waals surface area contributed by atoms with Crippen molar-refractivity contribution in [1.82, 2.24) is 0 Å². The first-order valence-electron chi connectivity index (χ1n) is 7.11. The van der Waals surface area contributed by atoms with Crippen LogP contribution in [0.15, 0.2) is 35.3 Å². The predicted octanol–water partition coefficient (Wildman–Crippen LogP) is 2.70. The third-order valence-electron chi connectivity index (χ3n) is 3.05. The molecule has 0 bridgehead atoms. The maximum atomic E-state index is 9.80. The fourth-order valence-electron chi connectivity index (χ4n) is 2.02. The first-order chi connectivity index (χ1) is 9.79. The van der Waals surface area contributed by atoms with Crippen LogP contribution in [0.2, 0.25) is 0 Å². The zero-order valence-electron chi connectivity index (χ0n) is 11.9. The van der Waals surface area contributed by atoms with Gasteiger partial charge >= 0.3 is 0 Å². The van der Waals surface area contributed by atoms with Crippen LogP contribution in [-0.4, -0.2) is 37.2 Å². The van der Waals surface area contributed by atoms with E-state index in [4.69, 9.17) is 4.74 Å². The molecule has 0 fully saturated rings. The van der Waals surface area contributed by atoms with Gasteiger partial charge in [-0.1, -0.05) is 13.0 Å². The van der Waals surface area contributed by atoms with Gasteiger partial charge in [0.2, 0.25) is 0 Å². The van der Waals surface area contributed by atoms with E-state index in [0.29, 0.717) is 19.8 Å². The summed E-state index contributed by atoms with van der Waals surface area (Å²) in [4.78, 5) is 4.36. The summed E-state index contributed by atoms with van der Waals surface area (Å²) in [5, 5.41) is 13.0. The molecule has 108 valence electrons. The van der Waals surface area contributed by atoms with E-state index in [-0.39, 0.29) is 0 Å². The van der Waals surface area contributed by atoms with Crippen LogP contribution < -0.4 is 5.32 Å².